The number of hydroxylamine groups is 1. The van der Waals surface area contributed by atoms with Crippen molar-refractivity contribution in [1.29, 1.82) is 0 Å². The molecule has 1 heterocycles. The van der Waals surface area contributed by atoms with Gasteiger partial charge in [0.1, 0.15) is 0 Å². The van der Waals surface area contributed by atoms with Crippen LogP contribution in [-0.2, 0) is 10.1 Å². The van der Waals surface area contributed by atoms with Gasteiger partial charge < -0.3 is 4.42 Å². The van der Waals surface area contributed by atoms with Gasteiger partial charge in [0.25, 0.3) is 6.21 Å². The maximum atomic E-state index is 10.8. The highest BCUT2D eigenvalue weighted by atomic mass is 32.2. The third-order valence-corrected chi connectivity index (χ3v) is 3.79. The Hall–Kier alpha value is -1.34. The Morgan fingerprint density at radius 1 is 1.28 bits per heavy atom. The van der Waals surface area contributed by atoms with Crippen LogP contribution in [0.2, 0.25) is 0 Å². The average Bonchev–Trinajstić information content (AvgIpc) is 2.78. The van der Waals surface area contributed by atoms with Gasteiger partial charge in [0.05, 0.1) is 0 Å². The predicted octanol–water partition coefficient (Wildman–Crippen LogP) is 1.68. The molecule has 18 heavy (non-hydrogen) atoms. The van der Waals surface area contributed by atoms with E-state index in [-0.39, 0.29) is 11.8 Å². The lowest BCUT2D eigenvalue weighted by molar-refractivity contribution is -0.797. The van der Waals surface area contributed by atoms with Crippen LogP contribution in [0.1, 0.15) is 37.9 Å². The first kappa shape index (κ1) is 13.1. The molecule has 1 aromatic heterocycles. The second-order valence-corrected chi connectivity index (χ2v) is 5.79. The fraction of sp³-hybridized carbons (Fsp3) is 0.545. The Bertz CT molecular complexity index is 540. The van der Waals surface area contributed by atoms with Gasteiger partial charge in [-0.1, -0.05) is 6.42 Å². The van der Waals surface area contributed by atoms with E-state index in [1.165, 1.54) is 18.7 Å². The summed E-state index contributed by atoms with van der Waals surface area (Å²) in [5.74, 6) is 0.190. The zero-order valence-electron chi connectivity index (χ0n) is 9.82. The molecular weight excluding hydrogens is 258 g/mol. The van der Waals surface area contributed by atoms with Gasteiger partial charge >= 0.3 is 10.1 Å². The van der Waals surface area contributed by atoms with Crippen LogP contribution in [0.25, 0.3) is 0 Å². The van der Waals surface area contributed by atoms with Gasteiger partial charge in [-0.3, -0.25) is 9.76 Å². The minimum atomic E-state index is -4.33. The molecule has 1 aliphatic carbocycles. The Labute approximate surface area is 105 Å². The van der Waals surface area contributed by atoms with Crippen molar-refractivity contribution in [3.05, 3.63) is 17.9 Å². The maximum Gasteiger partial charge on any atom is 0.328 e. The Balaban J connectivity index is 2.14. The summed E-state index contributed by atoms with van der Waals surface area (Å²) in [6, 6.07) is 2.57. The maximum absolute atomic E-state index is 10.8. The SMILES string of the molecule is O=S(=O)(O)c1ccc(/C=[N+](\O)C2CCCCC2)o1. The molecule has 1 aromatic rings. The lowest BCUT2D eigenvalue weighted by Crippen LogP contribution is -2.26. The molecular formula is C11H16NO5S+. The van der Waals surface area contributed by atoms with Gasteiger partial charge in [0.2, 0.25) is 11.1 Å². The number of hydrogen-bond acceptors (Lipinski definition) is 4. The molecule has 1 aliphatic rings. The lowest BCUT2D eigenvalue weighted by Gasteiger charge is -2.14. The first-order valence-electron chi connectivity index (χ1n) is 5.86. The molecule has 0 spiro atoms. The van der Waals surface area contributed by atoms with Crippen LogP contribution in [0.15, 0.2) is 21.6 Å². The van der Waals surface area contributed by atoms with Crippen molar-refractivity contribution >= 4 is 16.3 Å². The third-order valence-electron chi connectivity index (χ3n) is 3.06. The minimum Gasteiger partial charge on any atom is -0.436 e. The highest BCUT2D eigenvalue weighted by Gasteiger charge is 2.24. The molecule has 0 aromatic carbocycles. The number of hydrogen-bond donors (Lipinski definition) is 2. The fourth-order valence-corrected chi connectivity index (χ4v) is 2.57. The molecule has 1 saturated carbocycles. The molecule has 0 amide bonds. The molecule has 100 valence electrons. The van der Waals surface area contributed by atoms with E-state index in [9.17, 15) is 13.6 Å². The summed E-state index contributed by atoms with van der Waals surface area (Å²) in [5, 5.41) is 9.32. The fourth-order valence-electron chi connectivity index (χ4n) is 2.12. The van der Waals surface area contributed by atoms with Crippen molar-refractivity contribution in [1.82, 2.24) is 0 Å². The number of rotatable bonds is 3. The van der Waals surface area contributed by atoms with E-state index in [1.54, 1.807) is 0 Å². The first-order valence-corrected chi connectivity index (χ1v) is 7.30. The van der Waals surface area contributed by atoms with Crippen molar-refractivity contribution < 1.29 is 27.3 Å². The van der Waals surface area contributed by atoms with Gasteiger partial charge in [-0.05, 0) is 29.7 Å². The Morgan fingerprint density at radius 3 is 2.50 bits per heavy atom. The van der Waals surface area contributed by atoms with Crippen molar-refractivity contribution in [2.24, 2.45) is 0 Å². The molecule has 0 saturated heterocycles. The predicted molar refractivity (Wildman–Crippen MR) is 62.6 cm³/mol. The second-order valence-electron chi connectivity index (χ2n) is 4.43. The van der Waals surface area contributed by atoms with Gasteiger partial charge in [-0.25, -0.2) is 0 Å². The summed E-state index contributed by atoms with van der Waals surface area (Å²) in [4.78, 5) is 0. The standard InChI is InChI=1S/C11H15NO5S/c13-12(9-4-2-1-3-5-9)8-10-6-7-11(17-10)18(14,15)16/h6-9H,1-5H2,(H-,13,14,15,16)/p+1/b12-8-. The Morgan fingerprint density at radius 2 is 1.94 bits per heavy atom. The molecule has 7 heteroatoms. The molecule has 0 atom stereocenters. The van der Waals surface area contributed by atoms with Crippen molar-refractivity contribution in [2.45, 2.75) is 43.2 Å². The highest BCUT2D eigenvalue weighted by molar-refractivity contribution is 7.85. The summed E-state index contributed by atoms with van der Waals surface area (Å²) < 4.78 is 36.4. The third kappa shape index (κ3) is 3.11. The van der Waals surface area contributed by atoms with Crippen LogP contribution in [0, 0.1) is 0 Å². The summed E-state index contributed by atoms with van der Waals surface area (Å²) in [5.41, 5.74) is 0. The lowest BCUT2D eigenvalue weighted by atomic mass is 9.96. The molecule has 0 radical (unpaired) electrons. The van der Waals surface area contributed by atoms with Crippen LogP contribution < -0.4 is 0 Å². The van der Waals surface area contributed by atoms with E-state index in [2.05, 4.69) is 0 Å². The van der Waals surface area contributed by atoms with E-state index >= 15 is 0 Å². The number of nitrogens with zero attached hydrogens (tertiary/aromatic N) is 1. The van der Waals surface area contributed by atoms with Gasteiger partial charge in [0.15, 0.2) is 5.76 Å². The zero-order valence-corrected chi connectivity index (χ0v) is 10.6. The Kier molecular flexibility index (Phi) is 3.72. The topological polar surface area (TPSA) is 90.8 Å². The van der Waals surface area contributed by atoms with E-state index in [4.69, 9.17) is 8.97 Å². The van der Waals surface area contributed by atoms with Crippen molar-refractivity contribution in [3.8, 4) is 0 Å². The quantitative estimate of drug-likeness (QED) is 0.288. The van der Waals surface area contributed by atoms with E-state index in [1.807, 2.05) is 0 Å². The summed E-state index contributed by atoms with van der Waals surface area (Å²) in [6.07, 6.45) is 6.47. The smallest absolute Gasteiger partial charge is 0.328 e. The first-order chi connectivity index (χ1) is 8.47. The van der Waals surface area contributed by atoms with Crippen LogP contribution in [0.3, 0.4) is 0 Å². The summed E-state index contributed by atoms with van der Waals surface area (Å²) in [7, 11) is -4.33. The molecule has 2 N–H and O–H groups in total. The van der Waals surface area contributed by atoms with Gasteiger partial charge in [-0.2, -0.15) is 8.42 Å². The number of furan rings is 1. The molecule has 1 fully saturated rings. The van der Waals surface area contributed by atoms with Crippen molar-refractivity contribution in [2.75, 3.05) is 0 Å². The zero-order chi connectivity index (χ0) is 13.2. The van der Waals surface area contributed by atoms with E-state index < -0.39 is 15.2 Å². The average molecular weight is 274 g/mol. The molecule has 6 nitrogen and oxygen atoms in total. The van der Waals surface area contributed by atoms with Gasteiger partial charge in [-0.15, -0.1) is 0 Å². The van der Waals surface area contributed by atoms with Crippen molar-refractivity contribution in [3.63, 3.8) is 0 Å². The minimum absolute atomic E-state index is 0.0398. The highest BCUT2D eigenvalue weighted by Crippen LogP contribution is 2.19. The van der Waals surface area contributed by atoms with Gasteiger partial charge in [0, 0.05) is 12.8 Å². The van der Waals surface area contributed by atoms with E-state index in [0.29, 0.717) is 0 Å². The van der Waals surface area contributed by atoms with Crippen LogP contribution in [0.5, 0.6) is 0 Å². The molecule has 0 aliphatic heterocycles. The monoisotopic (exact) mass is 274 g/mol. The normalized spacial score (nSPS) is 19.1. The van der Waals surface area contributed by atoms with Crippen LogP contribution >= 0.6 is 0 Å². The molecule has 0 bridgehead atoms. The summed E-state index contributed by atoms with van der Waals surface area (Å²) in [6.45, 7) is 0. The van der Waals surface area contributed by atoms with Crippen LogP contribution in [0.4, 0.5) is 0 Å². The van der Waals surface area contributed by atoms with E-state index in [0.717, 1.165) is 36.5 Å². The molecule has 0 unspecified atom stereocenters. The largest absolute Gasteiger partial charge is 0.436 e. The second kappa shape index (κ2) is 5.11. The molecule has 2 rings (SSSR count). The summed E-state index contributed by atoms with van der Waals surface area (Å²) >= 11 is 0. The van der Waals surface area contributed by atoms with Crippen LogP contribution in [-0.4, -0.2) is 35.2 Å².